The molecule has 0 atom stereocenters. The minimum atomic E-state index is -3.92. The highest BCUT2D eigenvalue weighted by atomic mass is 127. The molecule has 0 spiro atoms. The largest absolute Gasteiger partial charge is 0.280 e. The lowest BCUT2D eigenvalue weighted by molar-refractivity contribution is 0.570. The first-order chi connectivity index (χ1) is 8.90. The summed E-state index contributed by atoms with van der Waals surface area (Å²) < 4.78 is 41.7. The lowest BCUT2D eigenvalue weighted by atomic mass is 10.3. The Morgan fingerprint density at radius 3 is 2.47 bits per heavy atom. The molecule has 0 radical (unpaired) electrons. The summed E-state index contributed by atoms with van der Waals surface area (Å²) in [6.45, 7) is 0. The highest BCUT2D eigenvalue weighted by molar-refractivity contribution is 14.1. The topological polar surface area (TPSA) is 46.2 Å². The lowest BCUT2D eigenvalue weighted by Crippen LogP contribution is -2.14. The molecule has 2 aromatic rings. The van der Waals surface area contributed by atoms with Crippen molar-refractivity contribution < 1.29 is 12.8 Å². The molecule has 2 rings (SSSR count). The number of hydrogen-bond acceptors (Lipinski definition) is 2. The average molecular weight is 456 g/mol. The third-order valence-corrected chi connectivity index (χ3v) is 6.04. The fraction of sp³-hybridized carbons (Fsp3) is 0. The third kappa shape index (κ3) is 3.46. The molecule has 100 valence electrons. The normalized spacial score (nSPS) is 11.3. The van der Waals surface area contributed by atoms with E-state index in [0.29, 0.717) is 5.69 Å². The van der Waals surface area contributed by atoms with Gasteiger partial charge in [0.05, 0.1) is 0 Å². The molecule has 0 saturated carbocycles. The Labute approximate surface area is 132 Å². The molecule has 19 heavy (non-hydrogen) atoms. The van der Waals surface area contributed by atoms with Crippen LogP contribution in [-0.4, -0.2) is 8.42 Å². The number of rotatable bonds is 3. The molecule has 0 heterocycles. The van der Waals surface area contributed by atoms with E-state index >= 15 is 0 Å². The van der Waals surface area contributed by atoms with Crippen LogP contribution in [0.4, 0.5) is 10.1 Å². The van der Waals surface area contributed by atoms with Crippen molar-refractivity contribution in [2.75, 3.05) is 4.72 Å². The SMILES string of the molecule is O=S(=O)(Nc1ccc(Br)c(I)c1)c1ccccc1F. The first-order valence-corrected chi connectivity index (χ1v) is 8.48. The van der Waals surface area contributed by atoms with E-state index in [1.165, 1.54) is 18.2 Å². The van der Waals surface area contributed by atoms with Crippen LogP contribution in [0, 0.1) is 9.39 Å². The Kier molecular flexibility index (Phi) is 4.46. The highest BCUT2D eigenvalue weighted by Crippen LogP contribution is 2.24. The van der Waals surface area contributed by atoms with Gasteiger partial charge in [-0.3, -0.25) is 4.72 Å². The second kappa shape index (κ2) is 5.76. The minimum Gasteiger partial charge on any atom is -0.280 e. The molecular formula is C12H8BrFINO2S. The number of sulfonamides is 1. The van der Waals surface area contributed by atoms with Crippen LogP contribution in [0.25, 0.3) is 0 Å². The van der Waals surface area contributed by atoms with E-state index in [-0.39, 0.29) is 4.90 Å². The lowest BCUT2D eigenvalue weighted by Gasteiger charge is -2.09. The van der Waals surface area contributed by atoms with Gasteiger partial charge in [0.15, 0.2) is 0 Å². The maximum Gasteiger partial charge on any atom is 0.264 e. The monoisotopic (exact) mass is 455 g/mol. The molecule has 0 aliphatic rings. The van der Waals surface area contributed by atoms with Gasteiger partial charge >= 0.3 is 0 Å². The van der Waals surface area contributed by atoms with Gasteiger partial charge in [-0.2, -0.15) is 0 Å². The van der Waals surface area contributed by atoms with Crippen LogP contribution in [0.5, 0.6) is 0 Å². The van der Waals surface area contributed by atoms with Gasteiger partial charge in [0, 0.05) is 13.7 Å². The highest BCUT2D eigenvalue weighted by Gasteiger charge is 2.18. The molecule has 0 fully saturated rings. The fourth-order valence-electron chi connectivity index (χ4n) is 1.43. The van der Waals surface area contributed by atoms with Gasteiger partial charge in [0.2, 0.25) is 0 Å². The predicted octanol–water partition coefficient (Wildman–Crippen LogP) is 3.99. The second-order valence-electron chi connectivity index (χ2n) is 3.66. The summed E-state index contributed by atoms with van der Waals surface area (Å²) in [4.78, 5) is -0.368. The van der Waals surface area contributed by atoms with Crippen molar-refractivity contribution in [2.45, 2.75) is 4.90 Å². The molecular weight excluding hydrogens is 448 g/mol. The number of benzene rings is 2. The fourth-order valence-corrected chi connectivity index (χ4v) is 3.32. The van der Waals surface area contributed by atoms with Gasteiger partial charge in [-0.1, -0.05) is 12.1 Å². The summed E-state index contributed by atoms with van der Waals surface area (Å²) in [6, 6.07) is 10.2. The van der Waals surface area contributed by atoms with E-state index in [1.807, 2.05) is 0 Å². The standard InChI is InChI=1S/C12H8BrFINO2S/c13-9-6-5-8(7-11(9)15)16-19(17,18)12-4-2-1-3-10(12)14/h1-7,16H. The zero-order valence-electron chi connectivity index (χ0n) is 9.40. The summed E-state index contributed by atoms with van der Waals surface area (Å²) in [5, 5.41) is 0. The third-order valence-electron chi connectivity index (χ3n) is 2.30. The van der Waals surface area contributed by atoms with E-state index in [4.69, 9.17) is 0 Å². The Balaban J connectivity index is 2.37. The van der Waals surface area contributed by atoms with Crippen molar-refractivity contribution in [2.24, 2.45) is 0 Å². The van der Waals surface area contributed by atoms with Gasteiger partial charge in [0.25, 0.3) is 10.0 Å². The molecule has 3 nitrogen and oxygen atoms in total. The van der Waals surface area contributed by atoms with E-state index in [0.717, 1.165) is 14.1 Å². The predicted molar refractivity (Wildman–Crippen MR) is 84.1 cm³/mol. The summed E-state index contributed by atoms with van der Waals surface area (Å²) in [5.41, 5.74) is 0.385. The molecule has 0 bridgehead atoms. The van der Waals surface area contributed by atoms with Gasteiger partial charge in [-0.05, 0) is 68.9 Å². The van der Waals surface area contributed by atoms with Crippen molar-refractivity contribution >= 4 is 54.2 Å². The molecule has 2 aromatic carbocycles. The van der Waals surface area contributed by atoms with Crippen LogP contribution in [0.1, 0.15) is 0 Å². The maximum absolute atomic E-state index is 13.5. The smallest absolute Gasteiger partial charge is 0.264 e. The molecule has 0 aliphatic carbocycles. The van der Waals surface area contributed by atoms with E-state index in [2.05, 4.69) is 43.2 Å². The first kappa shape index (κ1) is 14.7. The Morgan fingerprint density at radius 2 is 1.84 bits per heavy atom. The summed E-state index contributed by atoms with van der Waals surface area (Å²) in [7, 11) is -3.92. The van der Waals surface area contributed by atoms with Crippen LogP contribution in [0.3, 0.4) is 0 Å². The van der Waals surface area contributed by atoms with Crippen LogP contribution < -0.4 is 4.72 Å². The molecule has 0 aromatic heterocycles. The van der Waals surface area contributed by atoms with Crippen molar-refractivity contribution in [3.63, 3.8) is 0 Å². The van der Waals surface area contributed by atoms with Crippen molar-refractivity contribution in [3.05, 3.63) is 56.3 Å². The number of nitrogens with one attached hydrogen (secondary N) is 1. The summed E-state index contributed by atoms with van der Waals surface area (Å²) >= 11 is 5.39. The van der Waals surface area contributed by atoms with Crippen LogP contribution in [-0.2, 0) is 10.0 Å². The summed E-state index contributed by atoms with van der Waals surface area (Å²) in [5.74, 6) is -0.776. The second-order valence-corrected chi connectivity index (χ2v) is 7.33. The van der Waals surface area contributed by atoms with Crippen LogP contribution in [0.15, 0.2) is 51.8 Å². The molecule has 0 unspecified atom stereocenters. The van der Waals surface area contributed by atoms with Crippen LogP contribution >= 0.6 is 38.5 Å². The van der Waals surface area contributed by atoms with Crippen molar-refractivity contribution in [1.29, 1.82) is 0 Å². The zero-order valence-corrected chi connectivity index (χ0v) is 14.0. The molecule has 0 amide bonds. The van der Waals surface area contributed by atoms with Crippen molar-refractivity contribution in [1.82, 2.24) is 0 Å². The van der Waals surface area contributed by atoms with E-state index < -0.39 is 15.8 Å². The Morgan fingerprint density at radius 1 is 1.16 bits per heavy atom. The van der Waals surface area contributed by atoms with Gasteiger partial charge in [0.1, 0.15) is 10.7 Å². The van der Waals surface area contributed by atoms with Gasteiger partial charge in [-0.25, -0.2) is 12.8 Å². The minimum absolute atomic E-state index is 0.368. The number of halogens is 3. The first-order valence-electron chi connectivity index (χ1n) is 5.12. The number of hydrogen-bond donors (Lipinski definition) is 1. The Hall–Kier alpha value is -0.670. The average Bonchev–Trinajstić information content (AvgIpc) is 2.34. The molecule has 0 saturated heterocycles. The molecule has 0 aliphatic heterocycles. The summed E-state index contributed by atoms with van der Waals surface area (Å²) in [6.07, 6.45) is 0. The molecule has 1 N–H and O–H groups in total. The van der Waals surface area contributed by atoms with E-state index in [9.17, 15) is 12.8 Å². The van der Waals surface area contributed by atoms with Crippen LogP contribution in [0.2, 0.25) is 0 Å². The van der Waals surface area contributed by atoms with E-state index in [1.54, 1.807) is 18.2 Å². The van der Waals surface area contributed by atoms with Crippen molar-refractivity contribution in [3.8, 4) is 0 Å². The number of anilines is 1. The quantitative estimate of drug-likeness (QED) is 0.711. The van der Waals surface area contributed by atoms with Gasteiger partial charge < -0.3 is 0 Å². The van der Waals surface area contributed by atoms with Gasteiger partial charge in [-0.15, -0.1) is 0 Å². The Bertz CT molecular complexity index is 721. The maximum atomic E-state index is 13.5. The zero-order chi connectivity index (χ0) is 14.0. The molecule has 7 heteroatoms.